The lowest BCUT2D eigenvalue weighted by molar-refractivity contribution is 0.627. The Morgan fingerprint density at radius 3 is 2.42 bits per heavy atom. The van der Waals surface area contributed by atoms with Crippen molar-refractivity contribution in [2.24, 2.45) is 14.1 Å². The van der Waals surface area contributed by atoms with Crippen LogP contribution in [0.5, 0.6) is 0 Å². The van der Waals surface area contributed by atoms with E-state index in [-0.39, 0.29) is 5.82 Å². The van der Waals surface area contributed by atoms with E-state index in [0.29, 0.717) is 17.2 Å². The molecule has 0 saturated heterocycles. The molecule has 0 fully saturated rings. The highest BCUT2D eigenvalue weighted by Crippen LogP contribution is 2.29. The Hall–Kier alpha value is -2.77. The van der Waals surface area contributed by atoms with Gasteiger partial charge in [-0.05, 0) is 18.2 Å². The summed E-state index contributed by atoms with van der Waals surface area (Å²) in [5.74, 6) is 0.133. The van der Waals surface area contributed by atoms with Gasteiger partial charge in [-0.2, -0.15) is 0 Å². The smallest absolute Gasteiger partial charge is 0.332 e. The minimum atomic E-state index is -0.461. The van der Waals surface area contributed by atoms with Crippen molar-refractivity contribution in [1.29, 1.82) is 0 Å². The highest BCUT2D eigenvalue weighted by atomic mass is 19.1. The molecule has 2 heterocycles. The van der Waals surface area contributed by atoms with E-state index >= 15 is 0 Å². The van der Waals surface area contributed by atoms with Gasteiger partial charge in [-0.1, -0.05) is 19.9 Å². The molecule has 1 aromatic heterocycles. The summed E-state index contributed by atoms with van der Waals surface area (Å²) in [4.78, 5) is 25.9. The minimum Gasteiger partial charge on any atom is -0.348 e. The van der Waals surface area contributed by atoms with Gasteiger partial charge in [0.25, 0.3) is 5.56 Å². The summed E-state index contributed by atoms with van der Waals surface area (Å²) < 4.78 is 15.7. The molecule has 2 N–H and O–H groups in total. The van der Waals surface area contributed by atoms with Gasteiger partial charge in [-0.3, -0.25) is 13.9 Å². The molecule has 1 aliphatic heterocycles. The maximum Gasteiger partial charge on any atom is 0.332 e. The van der Waals surface area contributed by atoms with E-state index in [1.807, 2.05) is 13.8 Å². The first kappa shape index (κ1) is 17.6. The first-order valence-corrected chi connectivity index (χ1v) is 7.71. The summed E-state index contributed by atoms with van der Waals surface area (Å²) in [5.41, 5.74) is 0.109. The molecule has 24 heavy (non-hydrogen) atoms. The fourth-order valence-electron chi connectivity index (χ4n) is 2.60. The van der Waals surface area contributed by atoms with Crippen molar-refractivity contribution in [1.82, 2.24) is 9.13 Å². The number of nitrogens with one attached hydrogen (secondary N) is 2. The molecule has 1 unspecified atom stereocenters. The zero-order chi connectivity index (χ0) is 18.0. The van der Waals surface area contributed by atoms with Crippen LogP contribution in [0.1, 0.15) is 13.8 Å². The van der Waals surface area contributed by atoms with Gasteiger partial charge in [0.2, 0.25) is 0 Å². The second kappa shape index (κ2) is 6.77. The number of nitrogens with zero attached hydrogens (tertiary/aromatic N) is 3. The van der Waals surface area contributed by atoms with Crippen LogP contribution in [-0.2, 0) is 14.1 Å². The topological polar surface area (TPSA) is 71.3 Å². The molecule has 8 heteroatoms. The maximum absolute atomic E-state index is 13.3. The van der Waals surface area contributed by atoms with Gasteiger partial charge in [0.15, 0.2) is 6.29 Å². The van der Waals surface area contributed by atoms with Gasteiger partial charge in [-0.15, -0.1) is 0 Å². The average molecular weight is 335 g/mol. The SMILES string of the molecule is CC.CN1c2c(c(=O)n(C)c(=O)n2C)NC1Nc1cccc(F)c1. The Morgan fingerprint density at radius 1 is 1.12 bits per heavy atom. The lowest BCUT2D eigenvalue weighted by Gasteiger charge is -2.24. The van der Waals surface area contributed by atoms with Gasteiger partial charge < -0.3 is 15.5 Å². The van der Waals surface area contributed by atoms with Gasteiger partial charge in [0, 0.05) is 26.8 Å². The van der Waals surface area contributed by atoms with Gasteiger partial charge >= 0.3 is 5.69 Å². The van der Waals surface area contributed by atoms with Gasteiger partial charge in [0.05, 0.1) is 0 Å². The number of rotatable bonds is 2. The molecule has 0 radical (unpaired) electrons. The Balaban J connectivity index is 0.00000100. The number of benzene rings is 1. The quantitative estimate of drug-likeness (QED) is 0.870. The average Bonchev–Trinajstić information content (AvgIpc) is 2.90. The van der Waals surface area contributed by atoms with Crippen molar-refractivity contribution in [3.05, 3.63) is 50.9 Å². The van der Waals surface area contributed by atoms with Crippen molar-refractivity contribution >= 4 is 17.2 Å². The minimum absolute atomic E-state index is 0.334. The number of aromatic nitrogens is 2. The first-order valence-electron chi connectivity index (χ1n) is 7.71. The zero-order valence-corrected chi connectivity index (χ0v) is 14.4. The largest absolute Gasteiger partial charge is 0.348 e. The van der Waals surface area contributed by atoms with Crippen LogP contribution < -0.4 is 26.8 Å². The summed E-state index contributed by atoms with van der Waals surface area (Å²) in [6, 6.07) is 6.02. The van der Waals surface area contributed by atoms with Crippen LogP contribution >= 0.6 is 0 Å². The molecule has 130 valence electrons. The number of hydrogen-bond donors (Lipinski definition) is 2. The number of hydrogen-bond acceptors (Lipinski definition) is 5. The van der Waals surface area contributed by atoms with E-state index in [1.54, 1.807) is 31.1 Å². The monoisotopic (exact) mass is 335 g/mol. The molecular formula is C16H22FN5O2. The van der Waals surface area contributed by atoms with Crippen LogP contribution in [0, 0.1) is 5.82 Å². The molecule has 7 nitrogen and oxygen atoms in total. The lowest BCUT2D eigenvalue weighted by atomic mass is 10.3. The zero-order valence-electron chi connectivity index (χ0n) is 14.4. The van der Waals surface area contributed by atoms with Crippen molar-refractivity contribution in [2.45, 2.75) is 20.1 Å². The predicted molar refractivity (Wildman–Crippen MR) is 94.1 cm³/mol. The molecule has 0 amide bonds. The number of anilines is 3. The summed E-state index contributed by atoms with van der Waals surface area (Å²) >= 11 is 0. The molecule has 0 spiro atoms. The van der Waals surface area contributed by atoms with Crippen LogP contribution in [0.4, 0.5) is 21.6 Å². The van der Waals surface area contributed by atoms with Crippen molar-refractivity contribution in [2.75, 3.05) is 22.6 Å². The number of fused-ring (bicyclic) bond motifs is 1. The summed E-state index contributed by atoms with van der Waals surface area (Å²) in [6.45, 7) is 4.00. The molecule has 0 saturated carbocycles. The van der Waals surface area contributed by atoms with E-state index in [2.05, 4.69) is 10.6 Å². The maximum atomic E-state index is 13.3. The molecule has 2 aromatic rings. The van der Waals surface area contributed by atoms with Crippen LogP contribution in [0.3, 0.4) is 0 Å². The normalized spacial score (nSPS) is 15.2. The highest BCUT2D eigenvalue weighted by Gasteiger charge is 2.31. The molecule has 3 rings (SSSR count). The summed E-state index contributed by atoms with van der Waals surface area (Å²) in [5, 5.41) is 6.11. The second-order valence-corrected chi connectivity index (χ2v) is 5.22. The Kier molecular flexibility index (Phi) is 4.96. The lowest BCUT2D eigenvalue weighted by Crippen LogP contribution is -2.41. The fraction of sp³-hybridized carbons (Fsp3) is 0.375. The summed E-state index contributed by atoms with van der Waals surface area (Å²) in [6.07, 6.45) is -0.461. The third-order valence-corrected chi connectivity index (χ3v) is 3.76. The molecule has 1 aromatic carbocycles. The van der Waals surface area contributed by atoms with E-state index in [4.69, 9.17) is 0 Å². The predicted octanol–water partition coefficient (Wildman–Crippen LogP) is 1.51. The Bertz CT molecular complexity index is 859. The van der Waals surface area contributed by atoms with Crippen molar-refractivity contribution < 1.29 is 4.39 Å². The van der Waals surface area contributed by atoms with E-state index in [0.717, 1.165) is 4.57 Å². The second-order valence-electron chi connectivity index (χ2n) is 5.22. The summed E-state index contributed by atoms with van der Waals surface area (Å²) in [7, 11) is 4.78. The molecular weight excluding hydrogens is 313 g/mol. The Labute approximate surface area is 139 Å². The third kappa shape index (κ3) is 2.86. The molecule has 0 aliphatic carbocycles. The van der Waals surface area contributed by atoms with Crippen molar-refractivity contribution in [3.63, 3.8) is 0 Å². The standard InChI is InChI=1S/C14H16FN5O2.C2H6/c1-18-11-10(12(21)20(3)14(22)19(11)2)17-13(18)16-9-6-4-5-8(15)7-9;1-2/h4-7,13,16-17H,1-3H3;1-2H3. The number of halogens is 1. The third-order valence-electron chi connectivity index (χ3n) is 3.76. The van der Waals surface area contributed by atoms with E-state index < -0.39 is 17.5 Å². The molecule has 1 aliphatic rings. The van der Waals surface area contributed by atoms with E-state index in [1.165, 1.54) is 23.7 Å². The van der Waals surface area contributed by atoms with Crippen LogP contribution in [0.2, 0.25) is 0 Å². The van der Waals surface area contributed by atoms with Crippen LogP contribution in [0.15, 0.2) is 33.9 Å². The molecule has 1 atom stereocenters. The van der Waals surface area contributed by atoms with Crippen LogP contribution in [-0.4, -0.2) is 22.5 Å². The molecule has 0 bridgehead atoms. The van der Waals surface area contributed by atoms with Gasteiger partial charge in [0.1, 0.15) is 17.3 Å². The highest BCUT2D eigenvalue weighted by molar-refractivity contribution is 5.72. The van der Waals surface area contributed by atoms with Crippen molar-refractivity contribution in [3.8, 4) is 0 Å². The Morgan fingerprint density at radius 2 is 1.79 bits per heavy atom. The van der Waals surface area contributed by atoms with Crippen LogP contribution in [0.25, 0.3) is 0 Å². The first-order chi connectivity index (χ1) is 11.4. The van der Waals surface area contributed by atoms with E-state index in [9.17, 15) is 14.0 Å². The fourth-order valence-corrected chi connectivity index (χ4v) is 2.60. The van der Waals surface area contributed by atoms with Gasteiger partial charge in [-0.25, -0.2) is 9.18 Å².